The van der Waals surface area contributed by atoms with Crippen molar-refractivity contribution < 1.29 is 24.0 Å². The minimum Gasteiger partial charge on any atom is -0.444 e. The Morgan fingerprint density at radius 3 is 2.25 bits per heavy atom. The first kappa shape index (κ1) is 22.9. The van der Waals surface area contributed by atoms with Crippen LogP contribution in [0, 0.1) is 10.1 Å². The molecule has 0 heterocycles. The van der Waals surface area contributed by atoms with Crippen LogP contribution in [0.15, 0.2) is 24.3 Å². The van der Waals surface area contributed by atoms with Crippen molar-refractivity contribution in [1.82, 2.24) is 16.0 Å². The molecule has 0 aliphatic rings. The Bertz CT molecular complexity index is 712. The van der Waals surface area contributed by atoms with Gasteiger partial charge in [-0.25, -0.2) is 4.79 Å². The molecule has 28 heavy (non-hydrogen) atoms. The smallest absolute Gasteiger partial charge is 0.408 e. The molecular formula is C18H26N4O6. The van der Waals surface area contributed by atoms with E-state index in [1.807, 2.05) is 0 Å². The number of hydrogen-bond donors (Lipinski definition) is 3. The minimum atomic E-state index is -1.02. The van der Waals surface area contributed by atoms with E-state index < -0.39 is 28.6 Å². The summed E-state index contributed by atoms with van der Waals surface area (Å²) < 4.78 is 5.17. The van der Waals surface area contributed by atoms with Gasteiger partial charge in [-0.05, 0) is 33.3 Å². The maximum absolute atomic E-state index is 12.5. The van der Waals surface area contributed by atoms with Gasteiger partial charge in [-0.3, -0.25) is 19.7 Å². The zero-order valence-electron chi connectivity index (χ0n) is 16.4. The van der Waals surface area contributed by atoms with E-state index in [4.69, 9.17) is 4.74 Å². The highest BCUT2D eigenvalue weighted by molar-refractivity contribution is 5.89. The number of amides is 3. The van der Waals surface area contributed by atoms with E-state index in [1.165, 1.54) is 24.3 Å². The predicted octanol–water partition coefficient (Wildman–Crippen LogP) is 1.28. The summed E-state index contributed by atoms with van der Waals surface area (Å²) in [5.74, 6) is -0.933. The second kappa shape index (κ2) is 10.2. The summed E-state index contributed by atoms with van der Waals surface area (Å²) in [7, 11) is 0. The first-order chi connectivity index (χ1) is 13.0. The van der Waals surface area contributed by atoms with Gasteiger partial charge >= 0.3 is 6.09 Å². The maximum Gasteiger partial charge on any atom is 0.408 e. The lowest BCUT2D eigenvalue weighted by molar-refractivity contribution is -0.384. The number of nitro groups is 1. The van der Waals surface area contributed by atoms with Gasteiger partial charge in [0.15, 0.2) is 0 Å². The highest BCUT2D eigenvalue weighted by atomic mass is 16.6. The minimum absolute atomic E-state index is 0.0679. The number of nitro benzene ring substituents is 1. The average molecular weight is 394 g/mol. The molecule has 154 valence electrons. The highest BCUT2D eigenvalue weighted by Gasteiger charge is 2.25. The van der Waals surface area contributed by atoms with Crippen molar-refractivity contribution in [1.29, 1.82) is 0 Å². The Hall–Kier alpha value is -3.17. The number of likely N-dealkylation sites (N-methyl/N-ethyl adjacent to an activating group) is 1. The van der Waals surface area contributed by atoms with Crippen molar-refractivity contribution >= 4 is 23.6 Å². The largest absolute Gasteiger partial charge is 0.444 e. The summed E-state index contributed by atoms with van der Waals surface area (Å²) in [6.45, 7) is 7.00. The molecule has 0 unspecified atom stereocenters. The summed E-state index contributed by atoms with van der Waals surface area (Å²) in [5.41, 5.74) is -0.236. The molecule has 1 aromatic rings. The van der Waals surface area contributed by atoms with Gasteiger partial charge in [0.1, 0.15) is 11.6 Å². The molecule has 0 fully saturated rings. The number of non-ortho nitro benzene ring substituents is 1. The summed E-state index contributed by atoms with van der Waals surface area (Å²) in [5, 5.41) is 18.2. The number of carbonyl (C=O) groups excluding carboxylic acids is 3. The first-order valence-electron chi connectivity index (χ1n) is 8.79. The molecule has 0 aliphatic heterocycles. The van der Waals surface area contributed by atoms with Crippen molar-refractivity contribution in [3.8, 4) is 0 Å². The standard InChI is InChI=1S/C18H26N4O6/c1-5-19-15(23)11-20-16(24)14(21-17(25)28-18(2,3)4)10-12-6-8-13(9-7-12)22(26)27/h6-9,14H,5,10-11H2,1-4H3,(H,19,23)(H,20,24)(H,21,25)/t14-/m0/s1. The van der Waals surface area contributed by atoms with Crippen LogP contribution in [0.4, 0.5) is 10.5 Å². The lowest BCUT2D eigenvalue weighted by Crippen LogP contribution is -2.51. The van der Waals surface area contributed by atoms with E-state index in [0.29, 0.717) is 12.1 Å². The summed E-state index contributed by atoms with van der Waals surface area (Å²) in [6.07, 6.45) is -0.717. The third-order valence-electron chi connectivity index (χ3n) is 3.39. The van der Waals surface area contributed by atoms with Crippen LogP contribution in [0.1, 0.15) is 33.3 Å². The number of ether oxygens (including phenoxy) is 1. The van der Waals surface area contributed by atoms with Crippen molar-refractivity contribution in [3.63, 3.8) is 0 Å². The molecule has 0 bridgehead atoms. The molecule has 0 saturated carbocycles. The number of benzene rings is 1. The zero-order chi connectivity index (χ0) is 21.3. The van der Waals surface area contributed by atoms with Gasteiger partial charge in [-0.1, -0.05) is 12.1 Å². The normalized spacial score (nSPS) is 11.9. The van der Waals surface area contributed by atoms with Crippen molar-refractivity contribution in [2.75, 3.05) is 13.1 Å². The number of hydrogen-bond acceptors (Lipinski definition) is 6. The van der Waals surface area contributed by atoms with Crippen molar-refractivity contribution in [2.24, 2.45) is 0 Å². The van der Waals surface area contributed by atoms with Gasteiger partial charge < -0.3 is 20.7 Å². The number of nitrogens with zero attached hydrogens (tertiary/aromatic N) is 1. The van der Waals surface area contributed by atoms with Gasteiger partial charge in [-0.2, -0.15) is 0 Å². The summed E-state index contributed by atoms with van der Waals surface area (Å²) in [4.78, 5) is 46.3. The maximum atomic E-state index is 12.5. The fourth-order valence-electron chi connectivity index (χ4n) is 2.20. The molecule has 1 atom stereocenters. The molecule has 1 aromatic carbocycles. The molecule has 10 heteroatoms. The summed E-state index contributed by atoms with van der Waals surface area (Å²) >= 11 is 0. The molecule has 0 aliphatic carbocycles. The average Bonchev–Trinajstić information content (AvgIpc) is 2.58. The molecule has 3 N–H and O–H groups in total. The van der Waals surface area contributed by atoms with Crippen LogP contribution in [0.25, 0.3) is 0 Å². The van der Waals surface area contributed by atoms with Gasteiger partial charge in [0, 0.05) is 25.1 Å². The zero-order valence-corrected chi connectivity index (χ0v) is 16.4. The number of rotatable bonds is 8. The van der Waals surface area contributed by atoms with Crippen LogP contribution < -0.4 is 16.0 Å². The third-order valence-corrected chi connectivity index (χ3v) is 3.39. The van der Waals surface area contributed by atoms with E-state index >= 15 is 0 Å². The highest BCUT2D eigenvalue weighted by Crippen LogP contribution is 2.14. The van der Waals surface area contributed by atoms with Gasteiger partial charge in [0.05, 0.1) is 11.5 Å². The van der Waals surface area contributed by atoms with Crippen LogP contribution in [0.5, 0.6) is 0 Å². The molecule has 0 spiro atoms. The molecule has 3 amide bonds. The van der Waals surface area contributed by atoms with Crippen LogP contribution in [0.2, 0.25) is 0 Å². The summed E-state index contributed by atoms with van der Waals surface area (Å²) in [6, 6.07) is 4.60. The molecule has 0 aromatic heterocycles. The lowest BCUT2D eigenvalue weighted by Gasteiger charge is -2.23. The van der Waals surface area contributed by atoms with Crippen LogP contribution in [0.3, 0.4) is 0 Å². The SMILES string of the molecule is CCNC(=O)CNC(=O)[C@H](Cc1ccc([N+](=O)[O-])cc1)NC(=O)OC(C)(C)C. The second-order valence-electron chi connectivity index (χ2n) is 7.00. The quantitative estimate of drug-likeness (QED) is 0.448. The monoisotopic (exact) mass is 394 g/mol. The fourth-order valence-corrected chi connectivity index (χ4v) is 2.20. The lowest BCUT2D eigenvalue weighted by atomic mass is 10.0. The molecule has 0 radical (unpaired) electrons. The number of carbonyl (C=O) groups is 3. The van der Waals surface area contributed by atoms with E-state index in [9.17, 15) is 24.5 Å². The molecule has 1 rings (SSSR count). The Morgan fingerprint density at radius 2 is 1.75 bits per heavy atom. The number of nitrogens with one attached hydrogen (secondary N) is 3. The van der Waals surface area contributed by atoms with E-state index in [1.54, 1.807) is 27.7 Å². The molecule has 0 saturated heterocycles. The van der Waals surface area contributed by atoms with Gasteiger partial charge in [0.25, 0.3) is 5.69 Å². The Balaban J connectivity index is 2.86. The predicted molar refractivity (Wildman–Crippen MR) is 102 cm³/mol. The molecular weight excluding hydrogens is 368 g/mol. The van der Waals surface area contributed by atoms with Gasteiger partial charge in [-0.15, -0.1) is 0 Å². The second-order valence-corrected chi connectivity index (χ2v) is 7.00. The van der Waals surface area contributed by atoms with Crippen molar-refractivity contribution in [3.05, 3.63) is 39.9 Å². The first-order valence-corrected chi connectivity index (χ1v) is 8.79. The topological polar surface area (TPSA) is 140 Å². The molecule has 10 nitrogen and oxygen atoms in total. The fraction of sp³-hybridized carbons (Fsp3) is 0.500. The van der Waals surface area contributed by atoms with Crippen LogP contribution in [-0.2, 0) is 20.7 Å². The Kier molecular flexibility index (Phi) is 8.36. The number of alkyl carbamates (subject to hydrolysis) is 1. The van der Waals surface area contributed by atoms with Crippen LogP contribution >= 0.6 is 0 Å². The van der Waals surface area contributed by atoms with Crippen molar-refractivity contribution in [2.45, 2.75) is 45.8 Å². The third kappa shape index (κ3) is 8.47. The Labute approximate surface area is 163 Å². The van der Waals surface area contributed by atoms with Crippen LogP contribution in [-0.4, -0.2) is 47.6 Å². The van der Waals surface area contributed by atoms with E-state index in [-0.39, 0.29) is 24.6 Å². The van der Waals surface area contributed by atoms with Gasteiger partial charge in [0.2, 0.25) is 11.8 Å². The van der Waals surface area contributed by atoms with E-state index in [0.717, 1.165) is 0 Å². The van der Waals surface area contributed by atoms with E-state index in [2.05, 4.69) is 16.0 Å². The Morgan fingerprint density at radius 1 is 1.14 bits per heavy atom.